The van der Waals surface area contributed by atoms with Gasteiger partial charge in [0.15, 0.2) is 0 Å². The summed E-state index contributed by atoms with van der Waals surface area (Å²) in [6.45, 7) is 5.08. The Morgan fingerprint density at radius 3 is 2.44 bits per heavy atom. The molecule has 0 fully saturated rings. The van der Waals surface area contributed by atoms with Crippen LogP contribution >= 0.6 is 48.0 Å². The lowest BCUT2D eigenvalue weighted by molar-refractivity contribution is 0.0740. The third-order valence-corrected chi connectivity index (χ3v) is 4.48. The zero-order chi connectivity index (χ0) is 18.6. The number of nitrogens with zero attached hydrogens (tertiary/aromatic N) is 2. The maximum Gasteiger partial charge on any atom is 0.255 e. The van der Waals surface area contributed by atoms with E-state index in [0.29, 0.717) is 40.3 Å². The molecule has 2 rings (SSSR count). The van der Waals surface area contributed by atoms with Crippen molar-refractivity contribution in [2.24, 2.45) is 11.1 Å². The van der Waals surface area contributed by atoms with Gasteiger partial charge in [0.2, 0.25) is 5.88 Å². The molecule has 1 aromatic heterocycles. The normalized spacial score (nSPS) is 10.4. The van der Waals surface area contributed by atoms with Crippen molar-refractivity contribution in [3.8, 4) is 11.6 Å². The molecular formula is C18H23Cl4N3O2. The van der Waals surface area contributed by atoms with E-state index in [1.807, 2.05) is 13.8 Å². The van der Waals surface area contributed by atoms with E-state index >= 15 is 0 Å². The molecule has 0 atom stereocenters. The van der Waals surface area contributed by atoms with Crippen LogP contribution in [0.3, 0.4) is 0 Å². The van der Waals surface area contributed by atoms with Gasteiger partial charge in [-0.25, -0.2) is 4.98 Å². The minimum Gasteiger partial charge on any atom is -0.437 e. The van der Waals surface area contributed by atoms with Crippen molar-refractivity contribution in [2.45, 2.75) is 13.8 Å². The fourth-order valence-corrected chi connectivity index (χ4v) is 2.57. The maximum absolute atomic E-state index is 12.5. The number of hydrogen-bond donors (Lipinski definition) is 1. The molecule has 0 saturated heterocycles. The number of hydrogen-bond acceptors (Lipinski definition) is 4. The van der Waals surface area contributed by atoms with Crippen molar-refractivity contribution in [3.05, 3.63) is 52.1 Å². The number of amides is 1. The fraction of sp³-hybridized carbons (Fsp3) is 0.333. The second kappa shape index (κ2) is 10.9. The van der Waals surface area contributed by atoms with E-state index in [0.717, 1.165) is 0 Å². The summed E-state index contributed by atoms with van der Waals surface area (Å²) in [5.74, 6) is 0.606. The molecule has 0 aliphatic heterocycles. The predicted molar refractivity (Wildman–Crippen MR) is 115 cm³/mol. The molecule has 5 nitrogen and oxygen atoms in total. The highest BCUT2D eigenvalue weighted by Crippen LogP contribution is 2.34. The van der Waals surface area contributed by atoms with Crippen LogP contribution in [0, 0.1) is 5.41 Å². The van der Waals surface area contributed by atoms with Gasteiger partial charge in [-0.05, 0) is 30.2 Å². The van der Waals surface area contributed by atoms with Crippen molar-refractivity contribution in [2.75, 3.05) is 20.1 Å². The molecule has 27 heavy (non-hydrogen) atoms. The fourth-order valence-electron chi connectivity index (χ4n) is 2.24. The number of ether oxygens (including phenoxy) is 1. The molecule has 9 heteroatoms. The average Bonchev–Trinajstić information content (AvgIpc) is 2.58. The largest absolute Gasteiger partial charge is 0.437 e. The van der Waals surface area contributed by atoms with Gasteiger partial charge in [0.05, 0.1) is 10.6 Å². The Labute approximate surface area is 182 Å². The zero-order valence-corrected chi connectivity index (χ0v) is 18.4. The minimum absolute atomic E-state index is 0. The molecule has 2 N–H and O–H groups in total. The molecule has 0 spiro atoms. The molecule has 2 aromatic rings. The summed E-state index contributed by atoms with van der Waals surface area (Å²) in [7, 11) is 1.75. The van der Waals surface area contributed by atoms with Crippen LogP contribution in [0.1, 0.15) is 24.2 Å². The molecular weight excluding hydrogens is 432 g/mol. The van der Waals surface area contributed by atoms with E-state index in [4.69, 9.17) is 33.7 Å². The number of pyridine rings is 1. The first-order valence-electron chi connectivity index (χ1n) is 7.77. The van der Waals surface area contributed by atoms with Crippen LogP contribution in [0.4, 0.5) is 0 Å². The number of halogens is 4. The Hall–Kier alpha value is -1.24. The third-order valence-electron chi connectivity index (χ3n) is 3.68. The third kappa shape index (κ3) is 7.01. The summed E-state index contributed by atoms with van der Waals surface area (Å²) in [6.07, 6.45) is 1.47. The van der Waals surface area contributed by atoms with E-state index in [1.165, 1.54) is 6.20 Å². The summed E-state index contributed by atoms with van der Waals surface area (Å²) in [4.78, 5) is 18.3. The van der Waals surface area contributed by atoms with Crippen molar-refractivity contribution < 1.29 is 9.53 Å². The van der Waals surface area contributed by atoms with E-state index < -0.39 is 0 Å². The Bertz CT molecular complexity index is 755. The molecule has 1 amide bonds. The molecule has 0 saturated carbocycles. The van der Waals surface area contributed by atoms with E-state index in [1.54, 1.807) is 42.3 Å². The first kappa shape index (κ1) is 25.8. The highest BCUT2D eigenvalue weighted by molar-refractivity contribution is 6.42. The highest BCUT2D eigenvalue weighted by atomic mass is 35.5. The molecule has 0 radical (unpaired) electrons. The Morgan fingerprint density at radius 2 is 1.89 bits per heavy atom. The van der Waals surface area contributed by atoms with Crippen molar-refractivity contribution in [1.82, 2.24) is 9.88 Å². The van der Waals surface area contributed by atoms with Gasteiger partial charge in [0.25, 0.3) is 5.91 Å². The summed E-state index contributed by atoms with van der Waals surface area (Å²) in [5, 5.41) is 0.713. The number of rotatable bonds is 6. The number of carbonyl (C=O) groups is 1. The SMILES string of the molecule is CN(CC(C)(C)CN)C(=O)c1ccc(Oc2cccc(Cl)c2Cl)nc1.Cl.Cl. The second-order valence-corrected chi connectivity index (χ2v) is 7.35. The van der Waals surface area contributed by atoms with E-state index in [9.17, 15) is 4.79 Å². The lowest BCUT2D eigenvalue weighted by Gasteiger charge is -2.29. The lowest BCUT2D eigenvalue weighted by Crippen LogP contribution is -2.39. The van der Waals surface area contributed by atoms with Gasteiger partial charge in [0.1, 0.15) is 10.8 Å². The molecule has 150 valence electrons. The van der Waals surface area contributed by atoms with Crippen LogP contribution < -0.4 is 10.5 Å². The van der Waals surface area contributed by atoms with Crippen molar-refractivity contribution in [3.63, 3.8) is 0 Å². The molecule has 0 bridgehead atoms. The van der Waals surface area contributed by atoms with Crippen LogP contribution in [0.2, 0.25) is 10.0 Å². The first-order chi connectivity index (χ1) is 11.7. The first-order valence-corrected chi connectivity index (χ1v) is 8.52. The molecule has 0 unspecified atom stereocenters. The quantitative estimate of drug-likeness (QED) is 0.660. The van der Waals surface area contributed by atoms with Gasteiger partial charge in [-0.1, -0.05) is 43.1 Å². The van der Waals surface area contributed by atoms with Crippen LogP contribution in [-0.2, 0) is 0 Å². The van der Waals surface area contributed by atoms with Gasteiger partial charge < -0.3 is 15.4 Å². The van der Waals surface area contributed by atoms with Crippen LogP contribution in [-0.4, -0.2) is 35.9 Å². The van der Waals surface area contributed by atoms with Gasteiger partial charge in [-0.2, -0.15) is 0 Å². The van der Waals surface area contributed by atoms with Crippen LogP contribution in [0.5, 0.6) is 11.6 Å². The summed E-state index contributed by atoms with van der Waals surface area (Å²) >= 11 is 12.0. The Morgan fingerprint density at radius 1 is 1.22 bits per heavy atom. The molecule has 0 aliphatic carbocycles. The molecule has 0 aliphatic rings. The molecule has 1 heterocycles. The molecule has 1 aromatic carbocycles. The maximum atomic E-state index is 12.5. The number of carbonyl (C=O) groups excluding carboxylic acids is 1. The van der Waals surface area contributed by atoms with Crippen LogP contribution in [0.15, 0.2) is 36.5 Å². The van der Waals surface area contributed by atoms with Crippen LogP contribution in [0.25, 0.3) is 0 Å². The lowest BCUT2D eigenvalue weighted by atomic mass is 9.93. The van der Waals surface area contributed by atoms with Gasteiger partial charge in [0, 0.05) is 25.9 Å². The average molecular weight is 455 g/mol. The van der Waals surface area contributed by atoms with E-state index in [-0.39, 0.29) is 36.1 Å². The van der Waals surface area contributed by atoms with Crippen molar-refractivity contribution >= 4 is 53.9 Å². The number of nitrogens with two attached hydrogens (primary N) is 1. The second-order valence-electron chi connectivity index (χ2n) is 6.57. The van der Waals surface area contributed by atoms with Gasteiger partial charge in [-0.15, -0.1) is 24.8 Å². The predicted octanol–water partition coefficient (Wildman–Crippen LogP) is 5.08. The standard InChI is InChI=1S/C18H21Cl2N3O2.2ClH/c1-18(2,10-21)11-23(3)17(24)12-7-8-15(22-9-12)25-14-6-4-5-13(19)16(14)20;;/h4-9H,10-11,21H2,1-3H3;2*1H. The smallest absolute Gasteiger partial charge is 0.255 e. The summed E-state index contributed by atoms with van der Waals surface area (Å²) < 4.78 is 5.61. The van der Waals surface area contributed by atoms with Gasteiger partial charge >= 0.3 is 0 Å². The highest BCUT2D eigenvalue weighted by Gasteiger charge is 2.22. The number of aromatic nitrogens is 1. The van der Waals surface area contributed by atoms with E-state index in [2.05, 4.69) is 4.98 Å². The zero-order valence-electron chi connectivity index (χ0n) is 15.2. The Balaban J connectivity index is 0.00000338. The topological polar surface area (TPSA) is 68.5 Å². The summed E-state index contributed by atoms with van der Waals surface area (Å²) in [5.41, 5.74) is 6.05. The van der Waals surface area contributed by atoms with Crippen molar-refractivity contribution in [1.29, 1.82) is 0 Å². The summed E-state index contributed by atoms with van der Waals surface area (Å²) in [6, 6.07) is 8.37. The Kier molecular flexibility index (Phi) is 10.4. The minimum atomic E-state index is -0.149. The number of benzene rings is 1. The van der Waals surface area contributed by atoms with Gasteiger partial charge in [-0.3, -0.25) is 4.79 Å². The monoisotopic (exact) mass is 453 g/mol.